The molecule has 2 rings (SSSR count). The first kappa shape index (κ1) is 9.46. The van der Waals surface area contributed by atoms with Gasteiger partial charge in [-0.2, -0.15) is 0 Å². The molecule has 0 amide bonds. The Balaban J connectivity index is 2.27. The van der Waals surface area contributed by atoms with E-state index in [2.05, 4.69) is 17.2 Å². The van der Waals surface area contributed by atoms with E-state index in [9.17, 15) is 0 Å². The highest BCUT2D eigenvalue weighted by Crippen LogP contribution is 2.21. The van der Waals surface area contributed by atoms with Gasteiger partial charge < -0.3 is 10.1 Å². The normalized spacial score (nSPS) is 20.9. The van der Waals surface area contributed by atoms with Crippen LogP contribution in [-0.4, -0.2) is 17.6 Å². The number of nitrogens with zero attached hydrogens (tertiary/aromatic N) is 1. The summed E-state index contributed by atoms with van der Waals surface area (Å²) in [4.78, 5) is 4.45. The summed E-state index contributed by atoms with van der Waals surface area (Å²) in [6.07, 6.45) is 1.31. The van der Waals surface area contributed by atoms with Crippen molar-refractivity contribution < 1.29 is 4.74 Å². The van der Waals surface area contributed by atoms with Crippen LogP contribution in [0.25, 0.3) is 0 Å². The van der Waals surface area contributed by atoms with E-state index in [1.54, 1.807) is 0 Å². The quantitative estimate of drug-likeness (QED) is 0.734. The standard InChI is InChI=1S/C11H16N2O/c1-3-9-6-12-7-10-11(14-9)5-4-8(2)13-10/h4-5,9,12H,3,6-7H2,1-2H3. The van der Waals surface area contributed by atoms with Gasteiger partial charge in [-0.3, -0.25) is 4.98 Å². The van der Waals surface area contributed by atoms with Gasteiger partial charge in [-0.25, -0.2) is 0 Å². The van der Waals surface area contributed by atoms with Gasteiger partial charge in [-0.1, -0.05) is 6.92 Å². The first-order chi connectivity index (χ1) is 6.79. The third-order valence-corrected chi connectivity index (χ3v) is 2.49. The Kier molecular flexibility index (Phi) is 2.68. The van der Waals surface area contributed by atoms with Crippen LogP contribution in [0.1, 0.15) is 24.7 Å². The Morgan fingerprint density at radius 2 is 2.43 bits per heavy atom. The molecule has 76 valence electrons. The molecule has 1 aliphatic rings. The fraction of sp³-hybridized carbons (Fsp3) is 0.545. The number of nitrogens with one attached hydrogen (secondary N) is 1. The largest absolute Gasteiger partial charge is 0.487 e. The lowest BCUT2D eigenvalue weighted by Crippen LogP contribution is -2.27. The van der Waals surface area contributed by atoms with Crippen LogP contribution in [0.15, 0.2) is 12.1 Å². The molecule has 0 fully saturated rings. The Labute approximate surface area is 84.5 Å². The van der Waals surface area contributed by atoms with E-state index in [0.717, 1.165) is 36.6 Å². The number of fused-ring (bicyclic) bond motifs is 1. The SMILES string of the molecule is CCC1CNCc2nc(C)ccc2O1. The summed E-state index contributed by atoms with van der Waals surface area (Å²) in [5.41, 5.74) is 2.07. The number of hydrogen-bond donors (Lipinski definition) is 1. The summed E-state index contributed by atoms with van der Waals surface area (Å²) < 4.78 is 5.84. The summed E-state index contributed by atoms with van der Waals surface area (Å²) in [5, 5.41) is 3.34. The Bertz CT molecular complexity index is 325. The number of hydrogen-bond acceptors (Lipinski definition) is 3. The summed E-state index contributed by atoms with van der Waals surface area (Å²) in [6.45, 7) is 5.86. The van der Waals surface area contributed by atoms with Crippen molar-refractivity contribution in [3.05, 3.63) is 23.5 Å². The van der Waals surface area contributed by atoms with Crippen molar-refractivity contribution in [1.82, 2.24) is 10.3 Å². The average Bonchev–Trinajstić information content (AvgIpc) is 2.38. The molecule has 3 nitrogen and oxygen atoms in total. The highest BCUT2D eigenvalue weighted by atomic mass is 16.5. The zero-order chi connectivity index (χ0) is 9.97. The second-order valence-corrected chi connectivity index (χ2v) is 3.68. The highest BCUT2D eigenvalue weighted by molar-refractivity contribution is 5.30. The maximum absolute atomic E-state index is 5.84. The molecule has 0 spiro atoms. The molecular formula is C11H16N2O. The van der Waals surface area contributed by atoms with Crippen LogP contribution in [0.3, 0.4) is 0 Å². The Morgan fingerprint density at radius 1 is 1.57 bits per heavy atom. The fourth-order valence-corrected chi connectivity index (χ4v) is 1.63. The number of pyridine rings is 1. The molecule has 1 aromatic rings. The van der Waals surface area contributed by atoms with Crippen LogP contribution >= 0.6 is 0 Å². The van der Waals surface area contributed by atoms with Crippen molar-refractivity contribution in [3.8, 4) is 5.75 Å². The van der Waals surface area contributed by atoms with Gasteiger partial charge >= 0.3 is 0 Å². The molecule has 14 heavy (non-hydrogen) atoms. The van der Waals surface area contributed by atoms with E-state index >= 15 is 0 Å². The number of ether oxygens (including phenoxy) is 1. The van der Waals surface area contributed by atoms with Crippen molar-refractivity contribution in [3.63, 3.8) is 0 Å². The molecule has 1 unspecified atom stereocenters. The van der Waals surface area contributed by atoms with Crippen LogP contribution in [0, 0.1) is 6.92 Å². The van der Waals surface area contributed by atoms with Crippen molar-refractivity contribution in [2.24, 2.45) is 0 Å². The second kappa shape index (κ2) is 3.96. The lowest BCUT2D eigenvalue weighted by atomic mass is 10.3. The molecule has 0 aliphatic carbocycles. The van der Waals surface area contributed by atoms with Gasteiger partial charge in [0.2, 0.25) is 0 Å². The molecule has 1 N–H and O–H groups in total. The minimum absolute atomic E-state index is 0.278. The topological polar surface area (TPSA) is 34.2 Å². The molecule has 0 radical (unpaired) electrons. The fourth-order valence-electron chi connectivity index (χ4n) is 1.63. The van der Waals surface area contributed by atoms with E-state index in [-0.39, 0.29) is 6.10 Å². The lowest BCUT2D eigenvalue weighted by molar-refractivity contribution is 0.201. The second-order valence-electron chi connectivity index (χ2n) is 3.68. The molecule has 2 heterocycles. The summed E-state index contributed by atoms with van der Waals surface area (Å²) >= 11 is 0. The van der Waals surface area contributed by atoms with Crippen molar-refractivity contribution in [2.75, 3.05) is 6.54 Å². The maximum atomic E-state index is 5.84. The highest BCUT2D eigenvalue weighted by Gasteiger charge is 2.16. The first-order valence-electron chi connectivity index (χ1n) is 5.13. The lowest BCUT2D eigenvalue weighted by Gasteiger charge is -2.14. The van der Waals surface area contributed by atoms with E-state index < -0.39 is 0 Å². The summed E-state index contributed by atoms with van der Waals surface area (Å²) in [7, 11) is 0. The monoisotopic (exact) mass is 192 g/mol. The minimum atomic E-state index is 0.278. The zero-order valence-electron chi connectivity index (χ0n) is 8.71. The predicted molar refractivity (Wildman–Crippen MR) is 55.4 cm³/mol. The van der Waals surface area contributed by atoms with Crippen molar-refractivity contribution in [1.29, 1.82) is 0 Å². The van der Waals surface area contributed by atoms with E-state index in [1.165, 1.54) is 0 Å². The number of rotatable bonds is 1. The third-order valence-electron chi connectivity index (χ3n) is 2.49. The predicted octanol–water partition coefficient (Wildman–Crippen LogP) is 1.65. The number of aromatic nitrogens is 1. The van der Waals surface area contributed by atoms with Gasteiger partial charge in [0, 0.05) is 18.8 Å². The van der Waals surface area contributed by atoms with Gasteiger partial charge in [-0.15, -0.1) is 0 Å². The Hall–Kier alpha value is -1.09. The molecular weight excluding hydrogens is 176 g/mol. The average molecular weight is 192 g/mol. The van der Waals surface area contributed by atoms with Crippen LogP contribution < -0.4 is 10.1 Å². The van der Waals surface area contributed by atoms with Gasteiger partial charge in [0.1, 0.15) is 11.9 Å². The number of aryl methyl sites for hydroxylation is 1. The Morgan fingerprint density at radius 3 is 3.21 bits per heavy atom. The van der Waals surface area contributed by atoms with E-state index in [1.807, 2.05) is 19.1 Å². The van der Waals surface area contributed by atoms with Gasteiger partial charge in [-0.05, 0) is 25.5 Å². The smallest absolute Gasteiger partial charge is 0.142 e. The molecule has 0 bridgehead atoms. The minimum Gasteiger partial charge on any atom is -0.487 e. The van der Waals surface area contributed by atoms with E-state index in [4.69, 9.17) is 4.74 Å². The van der Waals surface area contributed by atoms with Crippen LogP contribution in [0.5, 0.6) is 5.75 Å². The third kappa shape index (κ3) is 1.87. The summed E-state index contributed by atoms with van der Waals surface area (Å²) in [5.74, 6) is 0.937. The molecule has 1 aliphatic heterocycles. The van der Waals surface area contributed by atoms with Crippen LogP contribution in [0.2, 0.25) is 0 Å². The van der Waals surface area contributed by atoms with E-state index in [0.29, 0.717) is 0 Å². The van der Waals surface area contributed by atoms with Crippen molar-refractivity contribution >= 4 is 0 Å². The van der Waals surface area contributed by atoms with Crippen molar-refractivity contribution in [2.45, 2.75) is 32.9 Å². The van der Waals surface area contributed by atoms with Gasteiger partial charge in [0.25, 0.3) is 0 Å². The van der Waals surface area contributed by atoms with Gasteiger partial charge in [0.05, 0.1) is 5.69 Å². The van der Waals surface area contributed by atoms with Crippen LogP contribution in [-0.2, 0) is 6.54 Å². The molecule has 1 aromatic heterocycles. The molecule has 1 atom stereocenters. The summed E-state index contributed by atoms with van der Waals surface area (Å²) in [6, 6.07) is 4.02. The molecule has 0 aromatic carbocycles. The molecule has 3 heteroatoms. The molecule has 0 saturated heterocycles. The maximum Gasteiger partial charge on any atom is 0.142 e. The zero-order valence-corrected chi connectivity index (χ0v) is 8.71. The van der Waals surface area contributed by atoms with Crippen LogP contribution in [0.4, 0.5) is 0 Å². The first-order valence-corrected chi connectivity index (χ1v) is 5.13. The molecule has 0 saturated carbocycles. The van der Waals surface area contributed by atoms with Gasteiger partial charge in [0.15, 0.2) is 0 Å².